The molecule has 1 N–H and O–H groups in total. The van der Waals surface area contributed by atoms with E-state index in [0.29, 0.717) is 17.9 Å². The Kier molecular flexibility index (Phi) is 4.87. The Morgan fingerprint density at radius 2 is 2.19 bits per heavy atom. The highest BCUT2D eigenvalue weighted by molar-refractivity contribution is 7.71. The van der Waals surface area contributed by atoms with Crippen LogP contribution in [0, 0.1) is 4.77 Å². The second kappa shape index (κ2) is 6.64. The van der Waals surface area contributed by atoms with E-state index in [4.69, 9.17) is 17.0 Å². The standard InChI is InChI=1S/C14H18N4O2S/c1-17(2)12-5-4-10(9-15-12)11-8-13(19)16-14(21)18(11)6-7-20-3/h4-5,8-9H,6-7H2,1-3H3,(H,16,19,21). The maximum atomic E-state index is 11.7. The van der Waals surface area contributed by atoms with Crippen molar-refractivity contribution in [2.24, 2.45) is 0 Å². The smallest absolute Gasteiger partial charge is 0.252 e. The van der Waals surface area contributed by atoms with Crippen LogP contribution in [-0.4, -0.2) is 42.3 Å². The molecule has 0 amide bonds. The number of hydrogen-bond acceptors (Lipinski definition) is 5. The summed E-state index contributed by atoms with van der Waals surface area (Å²) >= 11 is 5.23. The molecule has 2 aromatic rings. The number of aromatic nitrogens is 3. The van der Waals surface area contributed by atoms with Crippen molar-refractivity contribution in [2.45, 2.75) is 6.54 Å². The third kappa shape index (κ3) is 3.56. The fraction of sp³-hybridized carbons (Fsp3) is 0.357. The number of aromatic amines is 1. The quantitative estimate of drug-likeness (QED) is 0.852. The van der Waals surface area contributed by atoms with E-state index in [1.54, 1.807) is 13.3 Å². The first-order valence-electron chi connectivity index (χ1n) is 6.50. The van der Waals surface area contributed by atoms with Crippen molar-refractivity contribution in [3.05, 3.63) is 39.5 Å². The zero-order valence-electron chi connectivity index (χ0n) is 12.3. The largest absolute Gasteiger partial charge is 0.383 e. The van der Waals surface area contributed by atoms with Crippen LogP contribution >= 0.6 is 12.2 Å². The molecule has 7 heteroatoms. The van der Waals surface area contributed by atoms with Gasteiger partial charge < -0.3 is 14.2 Å². The summed E-state index contributed by atoms with van der Waals surface area (Å²) in [6.45, 7) is 1.08. The van der Waals surface area contributed by atoms with Gasteiger partial charge in [-0.05, 0) is 24.4 Å². The topological polar surface area (TPSA) is 63.1 Å². The van der Waals surface area contributed by atoms with Crippen molar-refractivity contribution in [1.29, 1.82) is 0 Å². The lowest BCUT2D eigenvalue weighted by molar-refractivity contribution is 0.186. The van der Waals surface area contributed by atoms with Gasteiger partial charge in [0.15, 0.2) is 4.77 Å². The Labute approximate surface area is 128 Å². The molecular weight excluding hydrogens is 288 g/mol. The third-order valence-electron chi connectivity index (χ3n) is 3.05. The monoisotopic (exact) mass is 306 g/mol. The SMILES string of the molecule is COCCn1c(-c2ccc(N(C)C)nc2)cc(=O)[nH]c1=S. The van der Waals surface area contributed by atoms with Gasteiger partial charge in [0.05, 0.1) is 12.3 Å². The number of rotatable bonds is 5. The van der Waals surface area contributed by atoms with Gasteiger partial charge in [0.25, 0.3) is 5.56 Å². The molecule has 0 unspecified atom stereocenters. The Hall–Kier alpha value is -1.99. The third-order valence-corrected chi connectivity index (χ3v) is 3.38. The summed E-state index contributed by atoms with van der Waals surface area (Å²) in [7, 11) is 5.48. The van der Waals surface area contributed by atoms with Crippen molar-refractivity contribution in [1.82, 2.24) is 14.5 Å². The summed E-state index contributed by atoms with van der Waals surface area (Å²) in [4.78, 5) is 20.6. The van der Waals surface area contributed by atoms with E-state index in [2.05, 4.69) is 9.97 Å². The lowest BCUT2D eigenvalue weighted by atomic mass is 10.2. The van der Waals surface area contributed by atoms with Gasteiger partial charge in [0, 0.05) is 45.6 Å². The molecular formula is C14H18N4O2S. The van der Waals surface area contributed by atoms with E-state index >= 15 is 0 Å². The molecule has 0 radical (unpaired) electrons. The number of anilines is 1. The molecule has 21 heavy (non-hydrogen) atoms. The molecule has 0 bridgehead atoms. The van der Waals surface area contributed by atoms with E-state index in [1.807, 2.05) is 35.7 Å². The number of nitrogens with one attached hydrogen (secondary N) is 1. The predicted molar refractivity (Wildman–Crippen MR) is 85.3 cm³/mol. The average molecular weight is 306 g/mol. The van der Waals surface area contributed by atoms with E-state index in [1.165, 1.54) is 6.07 Å². The molecule has 0 spiro atoms. The van der Waals surface area contributed by atoms with Gasteiger partial charge in [-0.3, -0.25) is 9.78 Å². The lowest BCUT2D eigenvalue weighted by Crippen LogP contribution is -2.17. The first-order valence-corrected chi connectivity index (χ1v) is 6.90. The zero-order valence-corrected chi connectivity index (χ0v) is 13.1. The van der Waals surface area contributed by atoms with Crippen LogP contribution in [0.2, 0.25) is 0 Å². The molecule has 0 atom stereocenters. The summed E-state index contributed by atoms with van der Waals surface area (Å²) in [6.07, 6.45) is 1.74. The summed E-state index contributed by atoms with van der Waals surface area (Å²) in [6, 6.07) is 5.35. The lowest BCUT2D eigenvalue weighted by Gasteiger charge is -2.15. The van der Waals surface area contributed by atoms with Gasteiger partial charge in [-0.1, -0.05) is 0 Å². The maximum absolute atomic E-state index is 11.7. The van der Waals surface area contributed by atoms with Crippen LogP contribution in [0.3, 0.4) is 0 Å². The van der Waals surface area contributed by atoms with Gasteiger partial charge in [0.2, 0.25) is 0 Å². The summed E-state index contributed by atoms with van der Waals surface area (Å²) in [5.41, 5.74) is 1.35. The Morgan fingerprint density at radius 3 is 2.76 bits per heavy atom. The van der Waals surface area contributed by atoms with Crippen molar-refractivity contribution < 1.29 is 4.74 Å². The molecule has 0 fully saturated rings. The van der Waals surface area contributed by atoms with Crippen LogP contribution in [0.1, 0.15) is 0 Å². The van der Waals surface area contributed by atoms with Crippen LogP contribution in [0.4, 0.5) is 5.82 Å². The molecule has 2 aromatic heterocycles. The molecule has 0 aliphatic rings. The Bertz CT molecular complexity index is 719. The van der Waals surface area contributed by atoms with Gasteiger partial charge in [-0.2, -0.15) is 0 Å². The van der Waals surface area contributed by atoms with Crippen LogP contribution in [0.25, 0.3) is 11.3 Å². The molecule has 0 aromatic carbocycles. The molecule has 2 heterocycles. The fourth-order valence-electron chi connectivity index (χ4n) is 1.97. The Balaban J connectivity index is 2.51. The molecule has 0 saturated heterocycles. The first-order chi connectivity index (χ1) is 10.0. The highest BCUT2D eigenvalue weighted by Gasteiger charge is 2.08. The van der Waals surface area contributed by atoms with E-state index in [9.17, 15) is 4.79 Å². The number of methoxy groups -OCH3 is 1. The number of H-pyrrole nitrogens is 1. The van der Waals surface area contributed by atoms with Crippen molar-refractivity contribution in [3.8, 4) is 11.3 Å². The van der Waals surface area contributed by atoms with Crippen molar-refractivity contribution in [2.75, 3.05) is 32.7 Å². The van der Waals surface area contributed by atoms with E-state index in [-0.39, 0.29) is 5.56 Å². The van der Waals surface area contributed by atoms with Crippen LogP contribution in [0.15, 0.2) is 29.2 Å². The summed E-state index contributed by atoms with van der Waals surface area (Å²) in [5, 5.41) is 0. The van der Waals surface area contributed by atoms with Gasteiger partial charge in [-0.25, -0.2) is 4.98 Å². The number of pyridine rings is 1. The minimum absolute atomic E-state index is 0.222. The molecule has 0 saturated carbocycles. The van der Waals surface area contributed by atoms with Gasteiger partial charge in [0.1, 0.15) is 5.82 Å². The number of ether oxygens (including phenoxy) is 1. The summed E-state index contributed by atoms with van der Waals surface area (Å²) in [5.74, 6) is 0.852. The molecule has 2 rings (SSSR count). The van der Waals surface area contributed by atoms with Gasteiger partial charge in [-0.15, -0.1) is 0 Å². The minimum Gasteiger partial charge on any atom is -0.383 e. The maximum Gasteiger partial charge on any atom is 0.252 e. The van der Waals surface area contributed by atoms with Crippen LogP contribution in [-0.2, 0) is 11.3 Å². The minimum atomic E-state index is -0.222. The number of nitrogens with zero attached hydrogens (tertiary/aromatic N) is 3. The van der Waals surface area contributed by atoms with Crippen molar-refractivity contribution >= 4 is 18.0 Å². The van der Waals surface area contributed by atoms with Gasteiger partial charge >= 0.3 is 0 Å². The van der Waals surface area contributed by atoms with Crippen LogP contribution < -0.4 is 10.5 Å². The fourth-order valence-corrected chi connectivity index (χ4v) is 2.26. The predicted octanol–water partition coefficient (Wildman–Crippen LogP) is 1.68. The van der Waals surface area contributed by atoms with Crippen molar-refractivity contribution in [3.63, 3.8) is 0 Å². The van der Waals surface area contributed by atoms with E-state index in [0.717, 1.165) is 17.1 Å². The van der Waals surface area contributed by atoms with E-state index < -0.39 is 0 Å². The molecule has 0 aliphatic heterocycles. The highest BCUT2D eigenvalue weighted by atomic mass is 32.1. The second-order valence-electron chi connectivity index (χ2n) is 4.77. The summed E-state index contributed by atoms with van der Waals surface area (Å²) < 4.78 is 7.31. The molecule has 6 nitrogen and oxygen atoms in total. The average Bonchev–Trinajstić information content (AvgIpc) is 2.46. The molecule has 0 aliphatic carbocycles. The zero-order chi connectivity index (χ0) is 15.4. The Morgan fingerprint density at radius 1 is 1.43 bits per heavy atom. The second-order valence-corrected chi connectivity index (χ2v) is 5.15. The normalized spacial score (nSPS) is 10.6. The number of hydrogen-bond donors (Lipinski definition) is 1. The first kappa shape index (κ1) is 15.4. The van der Waals surface area contributed by atoms with Crippen LogP contribution in [0.5, 0.6) is 0 Å². The highest BCUT2D eigenvalue weighted by Crippen LogP contribution is 2.19. The molecule has 112 valence electrons.